The average Bonchev–Trinajstić information content (AvgIpc) is 2.99. The van der Waals surface area contributed by atoms with E-state index in [1.54, 1.807) is 18.2 Å². The van der Waals surface area contributed by atoms with Crippen LogP contribution in [0.1, 0.15) is 54.4 Å². The van der Waals surface area contributed by atoms with Crippen LogP contribution in [-0.4, -0.2) is 27.9 Å². The maximum atomic E-state index is 12.9. The Bertz CT molecular complexity index is 1160. The summed E-state index contributed by atoms with van der Waals surface area (Å²) < 4.78 is 6.36. The number of ether oxygens (including phenoxy) is 1. The van der Waals surface area contributed by atoms with Gasteiger partial charge in [0.2, 0.25) is 5.78 Å². The third-order valence-electron chi connectivity index (χ3n) is 5.19. The van der Waals surface area contributed by atoms with E-state index in [2.05, 4.69) is 4.98 Å². The van der Waals surface area contributed by atoms with Crippen LogP contribution >= 0.6 is 0 Å². The molecule has 1 aliphatic heterocycles. The fraction of sp³-hybridized carbons (Fsp3) is 0.304. The molecule has 0 N–H and O–H groups in total. The van der Waals surface area contributed by atoms with Crippen molar-refractivity contribution >= 4 is 22.7 Å². The minimum Gasteiger partial charge on any atom is -0.466 e. The summed E-state index contributed by atoms with van der Waals surface area (Å²) in [6.07, 6.45) is 4.73. The van der Waals surface area contributed by atoms with Crippen molar-refractivity contribution in [3.05, 3.63) is 69.8 Å². The number of unbranched alkanes of at least 4 members (excludes halogenated alkanes) is 3. The fourth-order valence-electron chi connectivity index (χ4n) is 3.75. The normalized spacial score (nSPS) is 12.1. The molecule has 148 valence electrons. The van der Waals surface area contributed by atoms with Gasteiger partial charge in [0.1, 0.15) is 0 Å². The van der Waals surface area contributed by atoms with Crippen LogP contribution in [0.25, 0.3) is 16.6 Å². The Kier molecular flexibility index (Phi) is 5.25. The van der Waals surface area contributed by atoms with Crippen molar-refractivity contribution < 1.29 is 14.3 Å². The van der Waals surface area contributed by atoms with Crippen LogP contribution in [0.15, 0.2) is 47.3 Å². The standard InChI is InChI=1S/C23H22N2O4/c1-15(26)29-13-7-3-2-4-8-16-11-12-20-18(14-16)21(27)22-24-19-10-6-5-9-17(19)23(28)25(20)22/h5-6,9-12,14H,2-4,7-8,13H2,1H3. The molecule has 0 atom stereocenters. The summed E-state index contributed by atoms with van der Waals surface area (Å²) in [6, 6.07) is 12.8. The topological polar surface area (TPSA) is 78.3 Å². The van der Waals surface area contributed by atoms with Crippen LogP contribution in [0.3, 0.4) is 0 Å². The molecule has 0 unspecified atom stereocenters. The van der Waals surface area contributed by atoms with Crippen LogP contribution in [0.2, 0.25) is 0 Å². The molecule has 1 aliphatic rings. The SMILES string of the molecule is CC(=O)OCCCCCCc1ccc2c(c1)C(=O)c1nc3ccccc3c(=O)n1-2. The lowest BCUT2D eigenvalue weighted by molar-refractivity contribution is -0.141. The van der Waals surface area contributed by atoms with E-state index < -0.39 is 0 Å². The zero-order valence-electron chi connectivity index (χ0n) is 16.3. The van der Waals surface area contributed by atoms with E-state index in [1.807, 2.05) is 24.3 Å². The number of nitrogens with zero attached hydrogens (tertiary/aromatic N) is 2. The molecule has 0 spiro atoms. The molecule has 6 heteroatoms. The van der Waals surface area contributed by atoms with Gasteiger partial charge in [-0.25, -0.2) is 4.98 Å². The van der Waals surface area contributed by atoms with Crippen LogP contribution in [0.4, 0.5) is 0 Å². The molecule has 0 radical (unpaired) electrons. The monoisotopic (exact) mass is 390 g/mol. The predicted molar refractivity (Wildman–Crippen MR) is 110 cm³/mol. The number of hydrogen-bond donors (Lipinski definition) is 0. The second-order valence-electron chi connectivity index (χ2n) is 7.28. The Hall–Kier alpha value is -3.28. The number of aryl methyl sites for hydroxylation is 1. The first-order valence-electron chi connectivity index (χ1n) is 9.89. The highest BCUT2D eigenvalue weighted by molar-refractivity contribution is 6.13. The summed E-state index contributed by atoms with van der Waals surface area (Å²) in [7, 11) is 0. The Balaban J connectivity index is 1.48. The molecule has 4 rings (SSSR count). The van der Waals surface area contributed by atoms with Crippen molar-refractivity contribution in [2.75, 3.05) is 6.61 Å². The number of carbonyl (C=O) groups is 2. The number of para-hydroxylation sites is 1. The summed E-state index contributed by atoms with van der Waals surface area (Å²) in [6.45, 7) is 1.89. The summed E-state index contributed by atoms with van der Waals surface area (Å²) in [4.78, 5) is 40.9. The lowest BCUT2D eigenvalue weighted by atomic mass is 10.0. The second-order valence-corrected chi connectivity index (χ2v) is 7.28. The number of ketones is 1. The third kappa shape index (κ3) is 3.70. The summed E-state index contributed by atoms with van der Waals surface area (Å²) >= 11 is 0. The van der Waals surface area contributed by atoms with Crippen LogP contribution < -0.4 is 5.56 Å². The molecule has 0 fully saturated rings. The number of carbonyl (C=O) groups excluding carboxylic acids is 2. The van der Waals surface area contributed by atoms with Crippen LogP contribution in [0, 0.1) is 0 Å². The number of rotatable bonds is 7. The number of benzene rings is 2. The van der Waals surface area contributed by atoms with E-state index in [1.165, 1.54) is 11.5 Å². The van der Waals surface area contributed by atoms with E-state index in [9.17, 15) is 14.4 Å². The molecule has 0 aliphatic carbocycles. The van der Waals surface area contributed by atoms with Gasteiger partial charge in [0.25, 0.3) is 5.56 Å². The van der Waals surface area contributed by atoms with E-state index in [0.29, 0.717) is 28.8 Å². The first kappa shape index (κ1) is 19.1. The van der Waals surface area contributed by atoms with E-state index in [-0.39, 0.29) is 23.1 Å². The van der Waals surface area contributed by atoms with Gasteiger partial charge >= 0.3 is 5.97 Å². The van der Waals surface area contributed by atoms with Gasteiger partial charge < -0.3 is 4.74 Å². The Morgan fingerprint density at radius 1 is 1.03 bits per heavy atom. The highest BCUT2D eigenvalue weighted by atomic mass is 16.5. The number of esters is 1. The van der Waals surface area contributed by atoms with Gasteiger partial charge in [-0.05, 0) is 49.1 Å². The fourth-order valence-corrected chi connectivity index (χ4v) is 3.75. The van der Waals surface area contributed by atoms with E-state index >= 15 is 0 Å². The van der Waals surface area contributed by atoms with Gasteiger partial charge in [-0.15, -0.1) is 0 Å². The first-order valence-corrected chi connectivity index (χ1v) is 9.89. The van der Waals surface area contributed by atoms with Crippen molar-refractivity contribution in [3.8, 4) is 5.69 Å². The van der Waals surface area contributed by atoms with Gasteiger partial charge in [0.05, 0.1) is 28.8 Å². The molecule has 29 heavy (non-hydrogen) atoms. The van der Waals surface area contributed by atoms with Crippen molar-refractivity contribution in [2.45, 2.75) is 39.0 Å². The van der Waals surface area contributed by atoms with E-state index in [0.717, 1.165) is 37.7 Å². The van der Waals surface area contributed by atoms with Crippen molar-refractivity contribution in [2.24, 2.45) is 0 Å². The molecule has 6 nitrogen and oxygen atoms in total. The molecular weight excluding hydrogens is 368 g/mol. The highest BCUT2D eigenvalue weighted by Crippen LogP contribution is 2.27. The number of aromatic nitrogens is 2. The Morgan fingerprint density at radius 3 is 2.66 bits per heavy atom. The van der Waals surface area contributed by atoms with Crippen LogP contribution in [-0.2, 0) is 16.0 Å². The molecule has 2 heterocycles. The first-order chi connectivity index (χ1) is 14.1. The molecule has 2 aromatic carbocycles. The van der Waals surface area contributed by atoms with Crippen molar-refractivity contribution in [1.29, 1.82) is 0 Å². The summed E-state index contributed by atoms with van der Waals surface area (Å²) in [5.74, 6) is -0.257. The number of hydrogen-bond acceptors (Lipinski definition) is 5. The van der Waals surface area contributed by atoms with Gasteiger partial charge in [0.15, 0.2) is 5.82 Å². The largest absolute Gasteiger partial charge is 0.466 e. The van der Waals surface area contributed by atoms with E-state index in [4.69, 9.17) is 4.74 Å². The molecule has 3 aromatic rings. The molecule has 0 saturated carbocycles. The minimum atomic E-state index is -0.240. The average molecular weight is 390 g/mol. The van der Waals surface area contributed by atoms with Gasteiger partial charge in [-0.2, -0.15) is 0 Å². The molecule has 0 bridgehead atoms. The summed E-state index contributed by atoms with van der Waals surface area (Å²) in [5, 5.41) is 0.509. The van der Waals surface area contributed by atoms with Crippen molar-refractivity contribution in [1.82, 2.24) is 9.55 Å². The second kappa shape index (κ2) is 7.99. The maximum Gasteiger partial charge on any atom is 0.302 e. The lowest BCUT2D eigenvalue weighted by Crippen LogP contribution is -2.21. The van der Waals surface area contributed by atoms with Gasteiger partial charge in [0, 0.05) is 6.92 Å². The van der Waals surface area contributed by atoms with Crippen molar-refractivity contribution in [3.63, 3.8) is 0 Å². The molecule has 1 aromatic heterocycles. The molecule has 0 saturated heterocycles. The van der Waals surface area contributed by atoms with Gasteiger partial charge in [-0.1, -0.05) is 31.0 Å². The predicted octanol–water partition coefficient (Wildman–Crippen LogP) is 3.60. The maximum absolute atomic E-state index is 12.9. The third-order valence-corrected chi connectivity index (χ3v) is 5.19. The lowest BCUT2D eigenvalue weighted by Gasteiger charge is -2.07. The summed E-state index contributed by atoms with van der Waals surface area (Å²) in [5.41, 5.74) is 2.55. The zero-order valence-corrected chi connectivity index (χ0v) is 16.3. The van der Waals surface area contributed by atoms with Crippen LogP contribution in [0.5, 0.6) is 0 Å². The number of fused-ring (bicyclic) bond motifs is 4. The smallest absolute Gasteiger partial charge is 0.302 e. The molecular formula is C23H22N2O4. The van der Waals surface area contributed by atoms with Gasteiger partial charge in [-0.3, -0.25) is 19.0 Å². The molecule has 0 amide bonds. The highest BCUT2D eigenvalue weighted by Gasteiger charge is 2.30. The Labute approximate surface area is 168 Å². The minimum absolute atomic E-state index is 0.186. The Morgan fingerprint density at radius 2 is 1.83 bits per heavy atom. The zero-order chi connectivity index (χ0) is 20.4. The quantitative estimate of drug-likeness (QED) is 0.356.